The average molecular weight is 760 g/mol. The second kappa shape index (κ2) is 16.9. The number of carbonyl (C=O) groups is 3. The van der Waals surface area contributed by atoms with Crippen molar-refractivity contribution in [3.63, 3.8) is 0 Å². The fourth-order valence-corrected chi connectivity index (χ4v) is 7.33. The Kier molecular flexibility index (Phi) is 14.0. The number of rotatable bonds is 11. The molecule has 1 fully saturated rings. The molecule has 0 radical (unpaired) electrons. The van der Waals surface area contributed by atoms with Crippen molar-refractivity contribution in [1.29, 1.82) is 0 Å². The molecule has 3 N–H and O–H groups in total. The Morgan fingerprint density at radius 2 is 1.63 bits per heavy atom. The summed E-state index contributed by atoms with van der Waals surface area (Å²) >= 11 is 0. The van der Waals surface area contributed by atoms with Crippen LogP contribution in [-0.2, 0) is 32.7 Å². The Labute approximate surface area is 312 Å². The first-order valence-corrected chi connectivity index (χ1v) is 23.8. The molecule has 0 spiro atoms. The molecule has 0 aliphatic carbocycles. The van der Waals surface area contributed by atoms with E-state index in [2.05, 4.69) is 90.2 Å². The van der Waals surface area contributed by atoms with Gasteiger partial charge in [-0.2, -0.15) is 0 Å². The lowest BCUT2D eigenvalue weighted by molar-refractivity contribution is -0.143. The van der Waals surface area contributed by atoms with Crippen molar-refractivity contribution in [3.05, 3.63) is 47.7 Å². The molecule has 3 rings (SSSR count). The zero-order valence-electron chi connectivity index (χ0n) is 33.3. The van der Waals surface area contributed by atoms with E-state index in [-0.39, 0.29) is 40.9 Å². The Bertz CT molecular complexity index is 1500. The topological polar surface area (TPSA) is 145 Å². The number of aliphatic hydroxyl groups is 1. The van der Waals surface area contributed by atoms with E-state index in [0.29, 0.717) is 18.6 Å². The highest BCUT2D eigenvalue weighted by Gasteiger charge is 2.48. The monoisotopic (exact) mass is 759 g/mol. The summed E-state index contributed by atoms with van der Waals surface area (Å²) in [4.78, 5) is 39.7. The fourth-order valence-electron chi connectivity index (χ4n) is 4.96. The van der Waals surface area contributed by atoms with Crippen molar-refractivity contribution in [2.24, 2.45) is 0 Å². The second-order valence-corrected chi connectivity index (χ2v) is 27.0. The molecule has 2 amide bonds. The molecule has 0 saturated carbocycles. The molecular weight excluding hydrogens is 699 g/mol. The third-order valence-electron chi connectivity index (χ3n) is 10.0. The van der Waals surface area contributed by atoms with E-state index in [1.54, 1.807) is 45.0 Å². The maximum Gasteiger partial charge on any atom is 0.408 e. The normalized spacial score (nSPS) is 22.1. The Morgan fingerprint density at radius 3 is 2.21 bits per heavy atom. The maximum absolute atomic E-state index is 12.8. The van der Waals surface area contributed by atoms with E-state index in [9.17, 15) is 19.5 Å². The molecule has 1 saturated heterocycles. The van der Waals surface area contributed by atoms with Crippen molar-refractivity contribution in [1.82, 2.24) is 15.5 Å². The highest BCUT2D eigenvalue weighted by molar-refractivity contribution is 6.74. The lowest BCUT2D eigenvalue weighted by Crippen LogP contribution is -2.53. The predicted molar refractivity (Wildman–Crippen MR) is 204 cm³/mol. The highest BCUT2D eigenvalue weighted by atomic mass is 28.4. The van der Waals surface area contributed by atoms with Gasteiger partial charge >= 0.3 is 12.1 Å². The highest BCUT2D eigenvalue weighted by Crippen LogP contribution is 2.41. The van der Waals surface area contributed by atoms with Crippen LogP contribution >= 0.6 is 0 Å². The molecule has 290 valence electrons. The summed E-state index contributed by atoms with van der Waals surface area (Å²) in [7, 11) is -4.30. The molecule has 52 heavy (non-hydrogen) atoms. The van der Waals surface area contributed by atoms with E-state index < -0.39 is 58.8 Å². The van der Waals surface area contributed by atoms with Crippen molar-refractivity contribution in [2.45, 2.75) is 148 Å². The first-order valence-electron chi connectivity index (χ1n) is 17.9. The standard InChI is InChI=1S/C38H61N3O9Si2/c1-36(2,3)49-35(45)39-28(26-18-15-14-16-19-26)22-32(42)46-21-17-20-27-24-41(34(44)40-33(27)43)31-23-29(50-52(12,13)38(7,8)9)30(48-31)25-47-51(10,11)37(4,5)6/h14-16,18-19,24,28-31,34,44H,21-23,25H2,1-13H3,(H,39,45)(H,40,43). The largest absolute Gasteiger partial charge is 0.452 e. The Hall–Kier alpha value is -3.20. The van der Waals surface area contributed by atoms with Crippen LogP contribution in [0.4, 0.5) is 4.79 Å². The number of hydrogen-bond donors (Lipinski definition) is 3. The minimum Gasteiger partial charge on any atom is -0.452 e. The molecule has 0 aromatic heterocycles. The summed E-state index contributed by atoms with van der Waals surface area (Å²) < 4.78 is 30.7. The Balaban J connectivity index is 1.73. The summed E-state index contributed by atoms with van der Waals surface area (Å²) in [6.07, 6.45) is -1.54. The zero-order valence-corrected chi connectivity index (χ0v) is 35.3. The quantitative estimate of drug-likeness (QED) is 0.133. The SMILES string of the molecule is CC(C)(C)OC(=O)NC(CC(=O)OCC#CC1=CN(C2CC(O[Si](C)(C)C(C)(C)C)C(CO[Si](C)(C)C(C)(C)C)O2)C(O)NC1=O)c1ccccc1. The number of ether oxygens (including phenoxy) is 3. The number of nitrogens with zero attached hydrogens (tertiary/aromatic N) is 1. The molecule has 1 aromatic rings. The van der Waals surface area contributed by atoms with Crippen LogP contribution in [0, 0.1) is 11.8 Å². The second-order valence-electron chi connectivity index (χ2n) is 17.5. The summed E-state index contributed by atoms with van der Waals surface area (Å²) in [6.45, 7) is 27.2. The van der Waals surface area contributed by atoms with Gasteiger partial charge in [0.1, 0.15) is 23.5 Å². The molecule has 5 atom stereocenters. The number of hydrogen-bond acceptors (Lipinski definition) is 10. The van der Waals surface area contributed by atoms with E-state index in [4.69, 9.17) is 23.1 Å². The minimum absolute atomic E-state index is 0.0132. The van der Waals surface area contributed by atoms with E-state index in [1.165, 1.54) is 11.1 Å². The summed E-state index contributed by atoms with van der Waals surface area (Å²) in [6, 6.07) is 8.35. The number of nitrogens with one attached hydrogen (secondary N) is 2. The number of benzene rings is 1. The van der Waals surface area contributed by atoms with Crippen LogP contribution in [0.5, 0.6) is 0 Å². The van der Waals surface area contributed by atoms with Crippen molar-refractivity contribution in [3.8, 4) is 11.8 Å². The van der Waals surface area contributed by atoms with Crippen molar-refractivity contribution < 1.29 is 42.6 Å². The van der Waals surface area contributed by atoms with Gasteiger partial charge in [-0.15, -0.1) is 0 Å². The van der Waals surface area contributed by atoms with Gasteiger partial charge in [-0.25, -0.2) is 4.79 Å². The van der Waals surface area contributed by atoms with Crippen LogP contribution in [0.1, 0.15) is 86.8 Å². The first-order chi connectivity index (χ1) is 23.8. The van der Waals surface area contributed by atoms with Crippen LogP contribution in [-0.4, -0.2) is 88.2 Å². The molecule has 2 heterocycles. The lowest BCUT2D eigenvalue weighted by Gasteiger charge is -2.40. The predicted octanol–water partition coefficient (Wildman–Crippen LogP) is 6.31. The number of alkyl carbamates (subject to hydrolysis) is 1. The number of amides is 2. The molecular formula is C38H61N3O9Si2. The van der Waals surface area contributed by atoms with Crippen molar-refractivity contribution in [2.75, 3.05) is 13.2 Å². The third kappa shape index (κ3) is 12.2. The molecule has 12 nitrogen and oxygen atoms in total. The van der Waals surface area contributed by atoms with Gasteiger partial charge in [0.05, 0.1) is 25.2 Å². The summed E-state index contributed by atoms with van der Waals surface area (Å²) in [5.74, 6) is 4.32. The summed E-state index contributed by atoms with van der Waals surface area (Å²) in [5.41, 5.74) is 0.0680. The van der Waals surface area contributed by atoms with Crippen LogP contribution in [0.25, 0.3) is 0 Å². The molecule has 2 aliphatic rings. The van der Waals surface area contributed by atoms with Gasteiger partial charge in [-0.05, 0) is 62.6 Å². The van der Waals surface area contributed by atoms with Gasteiger partial charge in [0.25, 0.3) is 5.91 Å². The van der Waals surface area contributed by atoms with Crippen LogP contribution < -0.4 is 10.6 Å². The van der Waals surface area contributed by atoms with Gasteiger partial charge < -0.3 is 43.7 Å². The smallest absolute Gasteiger partial charge is 0.408 e. The van der Waals surface area contributed by atoms with Gasteiger partial charge in [0.2, 0.25) is 6.35 Å². The average Bonchev–Trinajstić information content (AvgIpc) is 3.38. The lowest BCUT2D eigenvalue weighted by atomic mass is 10.0. The zero-order chi connectivity index (χ0) is 39.3. The first kappa shape index (κ1) is 43.2. The van der Waals surface area contributed by atoms with Gasteiger partial charge in [-0.3, -0.25) is 9.59 Å². The van der Waals surface area contributed by atoms with Crippen LogP contribution in [0.15, 0.2) is 42.1 Å². The Morgan fingerprint density at radius 1 is 1.02 bits per heavy atom. The van der Waals surface area contributed by atoms with E-state index in [0.717, 1.165) is 0 Å². The number of aliphatic hydroxyl groups excluding tert-OH is 1. The van der Waals surface area contributed by atoms with Gasteiger partial charge in [0, 0.05) is 12.6 Å². The van der Waals surface area contributed by atoms with Crippen LogP contribution in [0.3, 0.4) is 0 Å². The number of carbonyl (C=O) groups excluding carboxylic acids is 3. The fraction of sp³-hybridized carbons (Fsp3) is 0.658. The minimum atomic E-state index is -2.20. The third-order valence-corrected chi connectivity index (χ3v) is 19.0. The maximum atomic E-state index is 12.8. The summed E-state index contributed by atoms with van der Waals surface area (Å²) in [5, 5.41) is 16.2. The van der Waals surface area contributed by atoms with Gasteiger partial charge in [-0.1, -0.05) is 83.7 Å². The molecule has 0 bridgehead atoms. The molecule has 5 unspecified atom stereocenters. The number of esters is 1. The van der Waals surface area contributed by atoms with Gasteiger partial charge in [0.15, 0.2) is 23.2 Å². The van der Waals surface area contributed by atoms with E-state index in [1.807, 2.05) is 6.07 Å². The van der Waals surface area contributed by atoms with E-state index >= 15 is 0 Å². The molecule has 1 aromatic carbocycles. The van der Waals surface area contributed by atoms with Crippen LogP contribution in [0.2, 0.25) is 36.3 Å². The molecule has 14 heteroatoms. The molecule has 2 aliphatic heterocycles. The van der Waals surface area contributed by atoms with Crippen molar-refractivity contribution >= 4 is 34.6 Å².